The zero-order chi connectivity index (χ0) is 19.6. The molecular formula is C19H24N4O3S. The second kappa shape index (κ2) is 7.66. The van der Waals surface area contributed by atoms with Crippen LogP contribution in [0.5, 0.6) is 0 Å². The average molecular weight is 388 g/mol. The van der Waals surface area contributed by atoms with E-state index in [1.165, 1.54) is 22.6 Å². The number of rotatable bonds is 4. The molecule has 1 amide bonds. The van der Waals surface area contributed by atoms with Crippen molar-refractivity contribution in [2.75, 3.05) is 24.1 Å². The molecule has 27 heavy (non-hydrogen) atoms. The molecule has 0 saturated carbocycles. The molecule has 1 aliphatic heterocycles. The van der Waals surface area contributed by atoms with Gasteiger partial charge in [0.2, 0.25) is 10.0 Å². The number of nitrogens with two attached hydrogens (primary N) is 1. The minimum absolute atomic E-state index is 0.131. The van der Waals surface area contributed by atoms with Crippen molar-refractivity contribution >= 4 is 27.4 Å². The highest BCUT2D eigenvalue weighted by Gasteiger charge is 2.31. The van der Waals surface area contributed by atoms with E-state index in [1.54, 1.807) is 24.3 Å². The van der Waals surface area contributed by atoms with Gasteiger partial charge in [0.05, 0.1) is 16.8 Å². The Bertz CT molecular complexity index is 918. The molecule has 144 valence electrons. The van der Waals surface area contributed by atoms with Gasteiger partial charge in [-0.3, -0.25) is 4.79 Å². The predicted molar refractivity (Wildman–Crippen MR) is 105 cm³/mol. The van der Waals surface area contributed by atoms with E-state index in [-0.39, 0.29) is 10.5 Å². The van der Waals surface area contributed by atoms with Crippen molar-refractivity contribution in [2.24, 2.45) is 11.8 Å². The summed E-state index contributed by atoms with van der Waals surface area (Å²) in [6.07, 6.45) is 2.47. The zero-order valence-corrected chi connectivity index (χ0v) is 16.2. The van der Waals surface area contributed by atoms with Crippen LogP contribution in [0.25, 0.3) is 0 Å². The van der Waals surface area contributed by atoms with E-state index in [0.29, 0.717) is 36.4 Å². The maximum absolute atomic E-state index is 13.0. The Morgan fingerprint density at radius 1 is 1.19 bits per heavy atom. The van der Waals surface area contributed by atoms with Crippen LogP contribution in [0.4, 0.5) is 11.5 Å². The fraction of sp³-hybridized carbons (Fsp3) is 0.368. The van der Waals surface area contributed by atoms with Gasteiger partial charge in [-0.1, -0.05) is 19.9 Å². The summed E-state index contributed by atoms with van der Waals surface area (Å²) in [4.78, 5) is 16.5. The van der Waals surface area contributed by atoms with Crippen molar-refractivity contribution in [1.29, 1.82) is 0 Å². The number of hydrogen-bond acceptors (Lipinski definition) is 5. The number of nitrogen functional groups attached to an aromatic ring is 1. The Labute approximate surface area is 159 Å². The summed E-state index contributed by atoms with van der Waals surface area (Å²) in [5.74, 6) is 0.575. The number of nitrogens with zero attached hydrogens (tertiary/aromatic N) is 2. The fourth-order valence-corrected chi connectivity index (χ4v) is 5.16. The second-order valence-corrected chi connectivity index (χ2v) is 9.16. The lowest BCUT2D eigenvalue weighted by Gasteiger charge is -2.34. The number of carbonyl (C=O) groups is 1. The summed E-state index contributed by atoms with van der Waals surface area (Å²) < 4.78 is 27.6. The SMILES string of the molecule is CC1CC(C)CN(S(=O)(=O)c2cccc(C(=O)Nc3ccc(N)nc3)c2)C1. The van der Waals surface area contributed by atoms with Gasteiger partial charge in [-0.15, -0.1) is 0 Å². The van der Waals surface area contributed by atoms with Crippen LogP contribution >= 0.6 is 0 Å². The largest absolute Gasteiger partial charge is 0.384 e. The molecule has 1 aromatic heterocycles. The molecule has 0 bridgehead atoms. The molecule has 2 atom stereocenters. The lowest BCUT2D eigenvalue weighted by Crippen LogP contribution is -2.42. The van der Waals surface area contributed by atoms with Gasteiger partial charge < -0.3 is 11.1 Å². The first-order chi connectivity index (χ1) is 12.8. The average Bonchev–Trinajstić information content (AvgIpc) is 2.63. The maximum Gasteiger partial charge on any atom is 0.255 e. The number of hydrogen-bond donors (Lipinski definition) is 2. The van der Waals surface area contributed by atoms with Gasteiger partial charge in [0.15, 0.2) is 0 Å². The Balaban J connectivity index is 1.82. The van der Waals surface area contributed by atoms with E-state index in [1.807, 2.05) is 0 Å². The maximum atomic E-state index is 13.0. The number of anilines is 2. The van der Waals surface area contributed by atoms with Gasteiger partial charge >= 0.3 is 0 Å². The summed E-state index contributed by atoms with van der Waals surface area (Å²) in [5.41, 5.74) is 6.29. The number of benzene rings is 1. The molecule has 1 aromatic carbocycles. The number of sulfonamides is 1. The van der Waals surface area contributed by atoms with Gasteiger partial charge in [0.25, 0.3) is 5.91 Å². The van der Waals surface area contributed by atoms with Crippen LogP contribution in [0.3, 0.4) is 0 Å². The summed E-state index contributed by atoms with van der Waals surface area (Å²) in [6, 6.07) is 9.33. The normalized spacial score (nSPS) is 21.0. The summed E-state index contributed by atoms with van der Waals surface area (Å²) >= 11 is 0. The number of carbonyl (C=O) groups excluding carboxylic acids is 1. The third-order valence-electron chi connectivity index (χ3n) is 4.61. The smallest absolute Gasteiger partial charge is 0.255 e. The molecule has 1 saturated heterocycles. The van der Waals surface area contributed by atoms with Gasteiger partial charge in [0, 0.05) is 18.7 Å². The van der Waals surface area contributed by atoms with Crippen molar-refractivity contribution in [3.05, 3.63) is 48.2 Å². The highest BCUT2D eigenvalue weighted by molar-refractivity contribution is 7.89. The fourth-order valence-electron chi connectivity index (χ4n) is 3.43. The quantitative estimate of drug-likeness (QED) is 0.837. The first-order valence-electron chi connectivity index (χ1n) is 8.89. The van der Waals surface area contributed by atoms with Gasteiger partial charge in [-0.05, 0) is 48.6 Å². The third-order valence-corrected chi connectivity index (χ3v) is 6.44. The number of aromatic nitrogens is 1. The first-order valence-corrected chi connectivity index (χ1v) is 10.3. The Morgan fingerprint density at radius 3 is 2.52 bits per heavy atom. The monoisotopic (exact) mass is 388 g/mol. The van der Waals surface area contributed by atoms with Gasteiger partial charge in [-0.25, -0.2) is 13.4 Å². The Kier molecular flexibility index (Phi) is 5.48. The number of piperidine rings is 1. The first kappa shape index (κ1) is 19.3. The molecule has 3 rings (SSSR count). The van der Waals surface area contributed by atoms with Crippen LogP contribution in [0, 0.1) is 11.8 Å². The van der Waals surface area contributed by atoms with E-state index < -0.39 is 15.9 Å². The van der Waals surface area contributed by atoms with E-state index in [4.69, 9.17) is 5.73 Å². The minimum atomic E-state index is -3.64. The molecule has 8 heteroatoms. The van der Waals surface area contributed by atoms with Crippen molar-refractivity contribution in [2.45, 2.75) is 25.2 Å². The van der Waals surface area contributed by atoms with E-state index >= 15 is 0 Å². The van der Waals surface area contributed by atoms with E-state index in [2.05, 4.69) is 24.1 Å². The lowest BCUT2D eigenvalue weighted by atomic mass is 9.94. The summed E-state index contributed by atoms with van der Waals surface area (Å²) in [7, 11) is -3.64. The van der Waals surface area contributed by atoms with Crippen LogP contribution in [0.2, 0.25) is 0 Å². The van der Waals surface area contributed by atoms with Crippen molar-refractivity contribution in [3.63, 3.8) is 0 Å². The minimum Gasteiger partial charge on any atom is -0.384 e. The molecule has 3 N–H and O–H groups in total. The molecule has 1 fully saturated rings. The van der Waals surface area contributed by atoms with Crippen LogP contribution in [0.15, 0.2) is 47.5 Å². The van der Waals surface area contributed by atoms with Crippen molar-refractivity contribution in [1.82, 2.24) is 9.29 Å². The standard InChI is InChI=1S/C19H24N4O3S/c1-13-8-14(2)12-23(11-13)27(25,26)17-5-3-4-15(9-17)19(24)22-16-6-7-18(20)21-10-16/h3-7,9-10,13-14H,8,11-12H2,1-2H3,(H2,20,21)(H,22,24). The molecule has 0 aliphatic carbocycles. The number of nitrogens with one attached hydrogen (secondary N) is 1. The molecule has 2 aromatic rings. The lowest BCUT2D eigenvalue weighted by molar-refractivity contribution is 0.102. The Morgan fingerprint density at radius 2 is 1.89 bits per heavy atom. The van der Waals surface area contributed by atoms with E-state index in [9.17, 15) is 13.2 Å². The highest BCUT2D eigenvalue weighted by atomic mass is 32.2. The van der Waals surface area contributed by atoms with Crippen LogP contribution < -0.4 is 11.1 Å². The third kappa shape index (κ3) is 4.45. The number of amides is 1. The van der Waals surface area contributed by atoms with Crippen molar-refractivity contribution in [3.8, 4) is 0 Å². The topological polar surface area (TPSA) is 105 Å². The molecule has 2 unspecified atom stereocenters. The molecule has 2 heterocycles. The summed E-state index contributed by atoms with van der Waals surface area (Å²) in [5, 5.41) is 2.69. The molecule has 7 nitrogen and oxygen atoms in total. The molecule has 1 aliphatic rings. The highest BCUT2D eigenvalue weighted by Crippen LogP contribution is 2.27. The van der Waals surface area contributed by atoms with Gasteiger partial charge in [0.1, 0.15) is 5.82 Å². The van der Waals surface area contributed by atoms with Crippen LogP contribution in [-0.4, -0.2) is 36.7 Å². The molecule has 0 spiro atoms. The number of pyridine rings is 1. The van der Waals surface area contributed by atoms with Crippen LogP contribution in [0.1, 0.15) is 30.6 Å². The second-order valence-electron chi connectivity index (χ2n) is 7.22. The van der Waals surface area contributed by atoms with Gasteiger partial charge in [-0.2, -0.15) is 4.31 Å². The molecular weight excluding hydrogens is 364 g/mol. The van der Waals surface area contributed by atoms with Crippen molar-refractivity contribution < 1.29 is 13.2 Å². The predicted octanol–water partition coefficient (Wildman–Crippen LogP) is 2.58. The summed E-state index contributed by atoms with van der Waals surface area (Å²) in [6.45, 7) is 5.12. The van der Waals surface area contributed by atoms with E-state index in [0.717, 1.165) is 6.42 Å². The van der Waals surface area contributed by atoms with Crippen LogP contribution in [-0.2, 0) is 10.0 Å². The zero-order valence-electron chi connectivity index (χ0n) is 15.4. The Hall–Kier alpha value is -2.45. The molecule has 0 radical (unpaired) electrons.